The molecule has 0 bridgehead atoms. The minimum Gasteiger partial charge on any atom is -0.301 e. The lowest BCUT2D eigenvalue weighted by Gasteiger charge is -2.19. The van der Waals surface area contributed by atoms with Crippen molar-refractivity contribution >= 4 is 23.2 Å². The highest BCUT2D eigenvalue weighted by atomic mass is 35.5. The van der Waals surface area contributed by atoms with Gasteiger partial charge in [-0.05, 0) is 25.9 Å². The summed E-state index contributed by atoms with van der Waals surface area (Å²) in [5.74, 6) is 0. The maximum atomic E-state index is 5.69. The zero-order valence-electron chi connectivity index (χ0n) is 6.73. The zero-order chi connectivity index (χ0) is 8.10. The number of halogens is 2. The van der Waals surface area contributed by atoms with Crippen molar-refractivity contribution in [1.82, 2.24) is 4.90 Å². The van der Waals surface area contributed by atoms with Crippen LogP contribution in [-0.4, -0.2) is 29.4 Å². The van der Waals surface area contributed by atoms with E-state index in [2.05, 4.69) is 4.90 Å². The summed E-state index contributed by atoms with van der Waals surface area (Å²) < 4.78 is 0. The fourth-order valence-electron chi connectivity index (χ4n) is 1.51. The first-order valence-corrected chi connectivity index (χ1v) is 5.17. The van der Waals surface area contributed by atoms with Gasteiger partial charge in [0.1, 0.15) is 4.84 Å². The summed E-state index contributed by atoms with van der Waals surface area (Å²) in [5.41, 5.74) is 0. The molecule has 0 unspecified atom stereocenters. The molecule has 0 aromatic carbocycles. The monoisotopic (exact) mass is 195 g/mol. The van der Waals surface area contributed by atoms with E-state index in [1.807, 2.05) is 0 Å². The van der Waals surface area contributed by atoms with Gasteiger partial charge in [0, 0.05) is 6.54 Å². The minimum absolute atomic E-state index is 0.215. The number of hydrogen-bond acceptors (Lipinski definition) is 1. The lowest BCUT2D eigenvalue weighted by Crippen LogP contribution is -2.28. The second-order valence-corrected chi connectivity index (χ2v) is 4.38. The van der Waals surface area contributed by atoms with E-state index in [0.717, 1.165) is 6.54 Å². The van der Waals surface area contributed by atoms with Crippen LogP contribution in [0.4, 0.5) is 0 Å². The van der Waals surface area contributed by atoms with Crippen LogP contribution in [0, 0.1) is 0 Å². The molecule has 1 fully saturated rings. The molecule has 1 heterocycles. The van der Waals surface area contributed by atoms with Crippen molar-refractivity contribution < 1.29 is 0 Å². The summed E-state index contributed by atoms with van der Waals surface area (Å²) in [6.07, 6.45) is 5.35. The average Bonchev–Trinajstić information content (AvgIpc) is 2.14. The molecule has 66 valence electrons. The molecule has 1 rings (SSSR count). The summed E-state index contributed by atoms with van der Waals surface area (Å²) in [6, 6.07) is 0. The fourth-order valence-corrected chi connectivity index (χ4v) is 1.90. The predicted octanol–water partition coefficient (Wildman–Crippen LogP) is 2.67. The van der Waals surface area contributed by atoms with E-state index < -0.39 is 0 Å². The fraction of sp³-hybridized carbons (Fsp3) is 1.00. The molecule has 0 amide bonds. The predicted molar refractivity (Wildman–Crippen MR) is 50.4 cm³/mol. The highest BCUT2D eigenvalue weighted by Crippen LogP contribution is 2.12. The molecular formula is C8H15Cl2N. The molecule has 0 aromatic rings. The third kappa shape index (κ3) is 4.19. The van der Waals surface area contributed by atoms with E-state index >= 15 is 0 Å². The Bertz CT molecular complexity index is 98.3. The normalized spacial score (nSPS) is 22.1. The van der Waals surface area contributed by atoms with Crippen LogP contribution >= 0.6 is 23.2 Å². The molecular weight excluding hydrogens is 181 g/mol. The zero-order valence-corrected chi connectivity index (χ0v) is 8.24. The topological polar surface area (TPSA) is 3.24 Å². The third-order valence-electron chi connectivity index (χ3n) is 2.09. The molecule has 1 aliphatic heterocycles. The number of nitrogens with zero attached hydrogens (tertiary/aromatic N) is 1. The first-order chi connectivity index (χ1) is 5.29. The number of rotatable bonds is 2. The Kier molecular flexibility index (Phi) is 4.58. The molecule has 0 saturated carbocycles. The van der Waals surface area contributed by atoms with E-state index in [1.54, 1.807) is 0 Å². The van der Waals surface area contributed by atoms with Crippen LogP contribution in [0.5, 0.6) is 0 Å². The second kappa shape index (κ2) is 5.23. The summed E-state index contributed by atoms with van der Waals surface area (Å²) in [6.45, 7) is 3.19. The Morgan fingerprint density at radius 3 is 2.00 bits per heavy atom. The summed E-state index contributed by atoms with van der Waals surface area (Å²) in [5, 5.41) is 0. The molecule has 0 aromatic heterocycles. The maximum absolute atomic E-state index is 5.69. The van der Waals surface area contributed by atoms with E-state index in [9.17, 15) is 0 Å². The van der Waals surface area contributed by atoms with Crippen molar-refractivity contribution in [1.29, 1.82) is 0 Å². The van der Waals surface area contributed by atoms with Gasteiger partial charge in [0.05, 0.1) is 0 Å². The molecule has 3 heteroatoms. The molecule has 0 atom stereocenters. The van der Waals surface area contributed by atoms with Gasteiger partial charge in [-0.1, -0.05) is 12.8 Å². The largest absolute Gasteiger partial charge is 0.301 e. The van der Waals surface area contributed by atoms with Gasteiger partial charge in [-0.15, -0.1) is 23.2 Å². The summed E-state index contributed by atoms with van der Waals surface area (Å²) in [4.78, 5) is 2.14. The summed E-state index contributed by atoms with van der Waals surface area (Å²) >= 11 is 11.4. The molecule has 0 aliphatic carbocycles. The second-order valence-electron chi connectivity index (χ2n) is 3.11. The third-order valence-corrected chi connectivity index (χ3v) is 2.37. The molecule has 0 radical (unpaired) electrons. The van der Waals surface area contributed by atoms with Crippen LogP contribution < -0.4 is 0 Å². The van der Waals surface area contributed by atoms with Gasteiger partial charge in [0.25, 0.3) is 0 Å². The van der Waals surface area contributed by atoms with Gasteiger partial charge in [-0.2, -0.15) is 0 Å². The molecule has 11 heavy (non-hydrogen) atoms. The van der Waals surface area contributed by atoms with Crippen LogP contribution in [0.15, 0.2) is 0 Å². The van der Waals surface area contributed by atoms with Gasteiger partial charge in [0.15, 0.2) is 0 Å². The quantitative estimate of drug-likeness (QED) is 0.613. The van der Waals surface area contributed by atoms with Crippen molar-refractivity contribution in [3.8, 4) is 0 Å². The van der Waals surface area contributed by atoms with E-state index in [-0.39, 0.29) is 4.84 Å². The van der Waals surface area contributed by atoms with Crippen molar-refractivity contribution in [3.05, 3.63) is 0 Å². The number of alkyl halides is 2. The molecule has 0 spiro atoms. The van der Waals surface area contributed by atoms with Crippen molar-refractivity contribution in [3.63, 3.8) is 0 Å². The molecule has 1 nitrogen and oxygen atoms in total. The Morgan fingerprint density at radius 2 is 1.55 bits per heavy atom. The van der Waals surface area contributed by atoms with Gasteiger partial charge in [0.2, 0.25) is 0 Å². The van der Waals surface area contributed by atoms with Gasteiger partial charge in [-0.25, -0.2) is 0 Å². The van der Waals surface area contributed by atoms with Gasteiger partial charge < -0.3 is 4.90 Å². The van der Waals surface area contributed by atoms with Crippen LogP contribution in [-0.2, 0) is 0 Å². The smallest absolute Gasteiger partial charge is 0.120 e. The lowest BCUT2D eigenvalue weighted by atomic mass is 10.2. The van der Waals surface area contributed by atoms with Gasteiger partial charge in [-0.3, -0.25) is 0 Å². The lowest BCUT2D eigenvalue weighted by molar-refractivity contribution is 0.297. The van der Waals surface area contributed by atoms with Crippen molar-refractivity contribution in [2.75, 3.05) is 19.6 Å². The van der Waals surface area contributed by atoms with Crippen LogP contribution in [0.1, 0.15) is 25.7 Å². The Balaban J connectivity index is 2.20. The van der Waals surface area contributed by atoms with Crippen molar-refractivity contribution in [2.24, 2.45) is 0 Å². The average molecular weight is 196 g/mol. The van der Waals surface area contributed by atoms with E-state index in [0.29, 0.717) is 0 Å². The van der Waals surface area contributed by atoms with Crippen LogP contribution in [0.2, 0.25) is 0 Å². The highest BCUT2D eigenvalue weighted by Gasteiger charge is 2.11. The van der Waals surface area contributed by atoms with Crippen LogP contribution in [0.3, 0.4) is 0 Å². The van der Waals surface area contributed by atoms with E-state index in [1.165, 1.54) is 38.8 Å². The van der Waals surface area contributed by atoms with Crippen LogP contribution in [0.25, 0.3) is 0 Å². The maximum Gasteiger partial charge on any atom is 0.120 e. The highest BCUT2D eigenvalue weighted by molar-refractivity contribution is 6.44. The molecule has 1 aliphatic rings. The number of likely N-dealkylation sites (tertiary alicyclic amines) is 1. The van der Waals surface area contributed by atoms with E-state index in [4.69, 9.17) is 23.2 Å². The van der Waals surface area contributed by atoms with Crippen molar-refractivity contribution in [2.45, 2.75) is 30.5 Å². The standard InChI is InChI=1S/C8H15Cl2N/c9-8(10)7-11-5-3-1-2-4-6-11/h8H,1-7H2. The Hall–Kier alpha value is 0.540. The first kappa shape index (κ1) is 9.63. The number of hydrogen-bond donors (Lipinski definition) is 0. The van der Waals surface area contributed by atoms with Gasteiger partial charge >= 0.3 is 0 Å². The Labute approximate surface area is 78.7 Å². The molecule has 1 saturated heterocycles. The minimum atomic E-state index is -0.215. The first-order valence-electron chi connectivity index (χ1n) is 4.29. The molecule has 0 N–H and O–H groups in total. The summed E-state index contributed by atoms with van der Waals surface area (Å²) in [7, 11) is 0. The Morgan fingerprint density at radius 1 is 1.00 bits per heavy atom. The SMILES string of the molecule is ClC(Cl)CN1CCCCCC1.